The van der Waals surface area contributed by atoms with Gasteiger partial charge < -0.3 is 5.73 Å². The van der Waals surface area contributed by atoms with Crippen molar-refractivity contribution >= 4 is 29.0 Å². The maximum atomic E-state index is 12.2. The Labute approximate surface area is 105 Å². The van der Waals surface area contributed by atoms with Gasteiger partial charge >= 0.3 is 0 Å². The predicted octanol–water partition coefficient (Wildman–Crippen LogP) is 3.45. The number of benzene rings is 1. The van der Waals surface area contributed by atoms with Gasteiger partial charge in [-0.2, -0.15) is 0 Å². The topological polar surface area (TPSA) is 43.1 Å². The van der Waals surface area contributed by atoms with Crippen LogP contribution in [-0.2, 0) is 0 Å². The van der Waals surface area contributed by atoms with Crippen LogP contribution in [0.15, 0.2) is 18.2 Å². The third-order valence-corrected chi connectivity index (χ3v) is 3.87. The molecular formula is C12H13Cl2NO. The quantitative estimate of drug-likeness (QED) is 0.825. The number of carbonyl (C=O) groups is 1. The standard InChI is InChI=1S/C12H13Cl2NO/c13-9-4-3-8(7-10(9)14)11(16)12(15)5-1-2-6-12/h3-4,7H,1-2,5-6,15H2. The van der Waals surface area contributed by atoms with Crippen LogP contribution in [-0.4, -0.2) is 11.3 Å². The first-order chi connectivity index (χ1) is 7.53. The zero-order chi connectivity index (χ0) is 11.8. The van der Waals surface area contributed by atoms with E-state index < -0.39 is 5.54 Å². The molecular weight excluding hydrogens is 245 g/mol. The van der Waals surface area contributed by atoms with Crippen molar-refractivity contribution in [2.24, 2.45) is 5.73 Å². The normalized spacial score (nSPS) is 18.7. The van der Waals surface area contributed by atoms with Crippen LogP contribution >= 0.6 is 23.2 Å². The minimum atomic E-state index is -0.697. The highest BCUT2D eigenvalue weighted by Crippen LogP contribution is 2.32. The van der Waals surface area contributed by atoms with Crippen molar-refractivity contribution in [3.63, 3.8) is 0 Å². The second-order valence-electron chi connectivity index (χ2n) is 4.32. The molecule has 0 heterocycles. The Morgan fingerprint density at radius 2 is 1.81 bits per heavy atom. The lowest BCUT2D eigenvalue weighted by Gasteiger charge is -2.21. The van der Waals surface area contributed by atoms with E-state index in [9.17, 15) is 4.79 Å². The fourth-order valence-corrected chi connectivity index (χ4v) is 2.46. The van der Waals surface area contributed by atoms with Gasteiger partial charge in [-0.3, -0.25) is 4.79 Å². The Morgan fingerprint density at radius 1 is 1.19 bits per heavy atom. The molecule has 0 amide bonds. The van der Waals surface area contributed by atoms with Crippen molar-refractivity contribution in [2.45, 2.75) is 31.2 Å². The van der Waals surface area contributed by atoms with Crippen molar-refractivity contribution in [3.8, 4) is 0 Å². The van der Waals surface area contributed by atoms with E-state index in [2.05, 4.69) is 0 Å². The molecule has 0 radical (unpaired) electrons. The van der Waals surface area contributed by atoms with Gasteiger partial charge in [0.15, 0.2) is 5.78 Å². The van der Waals surface area contributed by atoms with Gasteiger partial charge in [0.1, 0.15) is 0 Å². The van der Waals surface area contributed by atoms with Crippen LogP contribution in [0, 0.1) is 0 Å². The molecule has 2 N–H and O–H groups in total. The first-order valence-corrected chi connectivity index (χ1v) is 6.07. The zero-order valence-corrected chi connectivity index (χ0v) is 10.3. The highest BCUT2D eigenvalue weighted by atomic mass is 35.5. The monoisotopic (exact) mass is 257 g/mol. The van der Waals surface area contributed by atoms with Crippen molar-refractivity contribution in [2.75, 3.05) is 0 Å². The summed E-state index contributed by atoms with van der Waals surface area (Å²) in [5.74, 6) is -0.0245. The van der Waals surface area contributed by atoms with Gasteiger partial charge in [0.2, 0.25) is 0 Å². The molecule has 0 saturated heterocycles. The van der Waals surface area contributed by atoms with Crippen LogP contribution in [0.4, 0.5) is 0 Å². The Morgan fingerprint density at radius 3 is 2.38 bits per heavy atom. The van der Waals surface area contributed by atoms with Crippen molar-refractivity contribution in [1.29, 1.82) is 0 Å². The van der Waals surface area contributed by atoms with Gasteiger partial charge in [0.25, 0.3) is 0 Å². The number of Topliss-reactive ketones (excluding diaryl/α,β-unsaturated/α-hetero) is 1. The van der Waals surface area contributed by atoms with Crippen LogP contribution < -0.4 is 5.73 Å². The van der Waals surface area contributed by atoms with Crippen LogP contribution in [0.1, 0.15) is 36.0 Å². The van der Waals surface area contributed by atoms with Crippen molar-refractivity contribution < 1.29 is 4.79 Å². The highest BCUT2D eigenvalue weighted by Gasteiger charge is 2.37. The molecule has 0 unspecified atom stereocenters. The molecule has 0 bridgehead atoms. The average Bonchev–Trinajstić information content (AvgIpc) is 2.70. The number of carbonyl (C=O) groups excluding carboxylic acids is 1. The Kier molecular flexibility index (Phi) is 3.24. The molecule has 4 heteroatoms. The fraction of sp³-hybridized carbons (Fsp3) is 0.417. The molecule has 1 aliphatic carbocycles. The van der Waals surface area contributed by atoms with E-state index >= 15 is 0 Å². The van der Waals surface area contributed by atoms with Gasteiger partial charge in [0, 0.05) is 5.56 Å². The lowest BCUT2D eigenvalue weighted by atomic mass is 9.89. The second-order valence-corrected chi connectivity index (χ2v) is 5.14. The number of ketones is 1. The molecule has 0 atom stereocenters. The molecule has 1 aromatic carbocycles. The van der Waals surface area contributed by atoms with E-state index in [0.29, 0.717) is 15.6 Å². The van der Waals surface area contributed by atoms with Gasteiger partial charge in [-0.15, -0.1) is 0 Å². The molecule has 1 aliphatic rings. The van der Waals surface area contributed by atoms with Crippen LogP contribution in [0.25, 0.3) is 0 Å². The smallest absolute Gasteiger partial charge is 0.182 e. The fourth-order valence-electron chi connectivity index (χ4n) is 2.16. The number of hydrogen-bond acceptors (Lipinski definition) is 2. The molecule has 1 saturated carbocycles. The Bertz CT molecular complexity index is 425. The number of hydrogen-bond donors (Lipinski definition) is 1. The highest BCUT2D eigenvalue weighted by molar-refractivity contribution is 6.42. The molecule has 1 fully saturated rings. The van der Waals surface area contributed by atoms with Crippen LogP contribution in [0.5, 0.6) is 0 Å². The maximum Gasteiger partial charge on any atom is 0.182 e. The minimum Gasteiger partial charge on any atom is -0.319 e. The second kappa shape index (κ2) is 4.36. The number of nitrogens with two attached hydrogens (primary N) is 1. The molecule has 2 rings (SSSR count). The number of rotatable bonds is 2. The lowest BCUT2D eigenvalue weighted by molar-refractivity contribution is 0.0892. The van der Waals surface area contributed by atoms with Crippen LogP contribution in [0.3, 0.4) is 0 Å². The maximum absolute atomic E-state index is 12.2. The first-order valence-electron chi connectivity index (χ1n) is 5.32. The summed E-state index contributed by atoms with van der Waals surface area (Å²) in [6, 6.07) is 4.91. The molecule has 0 spiro atoms. The van der Waals surface area contributed by atoms with E-state index in [-0.39, 0.29) is 5.78 Å². The Balaban J connectivity index is 2.30. The van der Waals surface area contributed by atoms with E-state index in [1.54, 1.807) is 18.2 Å². The molecule has 0 aromatic heterocycles. The van der Waals surface area contributed by atoms with Crippen LogP contribution in [0.2, 0.25) is 10.0 Å². The summed E-state index contributed by atoms with van der Waals surface area (Å²) in [6.45, 7) is 0. The largest absolute Gasteiger partial charge is 0.319 e. The average molecular weight is 258 g/mol. The van der Waals surface area contributed by atoms with Crippen molar-refractivity contribution in [3.05, 3.63) is 33.8 Å². The molecule has 2 nitrogen and oxygen atoms in total. The van der Waals surface area contributed by atoms with E-state index in [0.717, 1.165) is 25.7 Å². The first kappa shape index (κ1) is 11.9. The lowest BCUT2D eigenvalue weighted by Crippen LogP contribution is -2.45. The van der Waals surface area contributed by atoms with Gasteiger partial charge in [0.05, 0.1) is 15.6 Å². The van der Waals surface area contributed by atoms with Gasteiger partial charge in [-0.05, 0) is 31.0 Å². The van der Waals surface area contributed by atoms with Gasteiger partial charge in [-0.25, -0.2) is 0 Å². The third-order valence-electron chi connectivity index (χ3n) is 3.13. The Hall–Kier alpha value is -0.570. The van der Waals surface area contributed by atoms with E-state index in [1.165, 1.54) is 0 Å². The van der Waals surface area contributed by atoms with Gasteiger partial charge in [-0.1, -0.05) is 36.0 Å². The number of halogens is 2. The summed E-state index contributed by atoms with van der Waals surface area (Å²) in [5.41, 5.74) is 5.95. The summed E-state index contributed by atoms with van der Waals surface area (Å²) >= 11 is 11.7. The molecule has 86 valence electrons. The SMILES string of the molecule is NC1(C(=O)c2ccc(Cl)c(Cl)c2)CCCC1. The van der Waals surface area contributed by atoms with E-state index in [4.69, 9.17) is 28.9 Å². The third kappa shape index (κ3) is 2.10. The summed E-state index contributed by atoms with van der Waals surface area (Å²) in [6.07, 6.45) is 3.55. The summed E-state index contributed by atoms with van der Waals surface area (Å²) in [7, 11) is 0. The zero-order valence-electron chi connectivity index (χ0n) is 8.80. The summed E-state index contributed by atoms with van der Waals surface area (Å²) in [4.78, 5) is 12.2. The predicted molar refractivity (Wildman–Crippen MR) is 66.2 cm³/mol. The summed E-state index contributed by atoms with van der Waals surface area (Å²) in [5, 5.41) is 0.852. The summed E-state index contributed by atoms with van der Waals surface area (Å²) < 4.78 is 0. The minimum absolute atomic E-state index is 0.0245. The molecule has 16 heavy (non-hydrogen) atoms. The van der Waals surface area contributed by atoms with E-state index in [1.807, 2.05) is 0 Å². The molecule has 0 aliphatic heterocycles. The molecule has 1 aromatic rings. The van der Waals surface area contributed by atoms with Crippen molar-refractivity contribution in [1.82, 2.24) is 0 Å².